The van der Waals surface area contributed by atoms with Crippen LogP contribution in [0.2, 0.25) is 0 Å². The summed E-state index contributed by atoms with van der Waals surface area (Å²) in [5.41, 5.74) is 2.57. The molecule has 3 aromatic heterocycles. The van der Waals surface area contributed by atoms with Crippen LogP contribution >= 0.6 is 12.2 Å². The van der Waals surface area contributed by atoms with Crippen LogP contribution in [-0.4, -0.2) is 58.0 Å². The smallest absolute Gasteiger partial charge is 0.326 e. The van der Waals surface area contributed by atoms with Crippen molar-refractivity contribution in [2.24, 2.45) is 0 Å². The lowest BCUT2D eigenvalue weighted by Gasteiger charge is -2.28. The molecule has 172 valence electrons. The van der Waals surface area contributed by atoms with E-state index < -0.39 is 5.97 Å². The highest BCUT2D eigenvalue weighted by molar-refractivity contribution is 7.71. The number of benzene rings is 1. The lowest BCUT2D eigenvalue weighted by Crippen LogP contribution is -2.36. The lowest BCUT2D eigenvalue weighted by atomic mass is 10.1. The summed E-state index contributed by atoms with van der Waals surface area (Å²) in [7, 11) is 0. The van der Waals surface area contributed by atoms with Gasteiger partial charge in [-0.1, -0.05) is 18.2 Å². The van der Waals surface area contributed by atoms with Gasteiger partial charge >= 0.3 is 5.97 Å². The number of aromatic amines is 1. The maximum absolute atomic E-state index is 13.7. The van der Waals surface area contributed by atoms with Crippen molar-refractivity contribution in [1.29, 1.82) is 0 Å². The van der Waals surface area contributed by atoms with Crippen LogP contribution in [0.15, 0.2) is 29.1 Å². The molecule has 4 heterocycles. The summed E-state index contributed by atoms with van der Waals surface area (Å²) < 4.78 is 14.0. The zero-order valence-corrected chi connectivity index (χ0v) is 19.4. The molecular weight excluding hydrogens is 442 g/mol. The predicted molar refractivity (Wildman–Crippen MR) is 130 cm³/mol. The van der Waals surface area contributed by atoms with Gasteiger partial charge in [0.05, 0.1) is 41.8 Å². The van der Waals surface area contributed by atoms with Gasteiger partial charge in [-0.15, -0.1) is 0 Å². The first-order valence-electron chi connectivity index (χ1n) is 11.1. The molecule has 9 nitrogen and oxygen atoms in total. The molecule has 1 N–H and O–H groups in total. The van der Waals surface area contributed by atoms with Crippen LogP contribution in [0.25, 0.3) is 32.8 Å². The number of pyridine rings is 1. The molecule has 1 fully saturated rings. The predicted octanol–water partition coefficient (Wildman–Crippen LogP) is 2.98. The second-order valence-corrected chi connectivity index (χ2v) is 8.26. The molecule has 0 atom stereocenters. The first-order valence-corrected chi connectivity index (χ1v) is 11.5. The number of esters is 1. The Morgan fingerprint density at radius 2 is 1.94 bits per heavy atom. The first kappa shape index (κ1) is 21.6. The van der Waals surface area contributed by atoms with Crippen LogP contribution in [0.4, 0.5) is 5.82 Å². The number of fused-ring (bicyclic) bond motifs is 5. The SMILES string of the molecule is CCOC(=O)Cn1c(=S)[nH]c2c3c(N4CCOCC4)nc4ccccc4c3n(CC)c2c1=O. The van der Waals surface area contributed by atoms with E-state index in [0.717, 1.165) is 27.6 Å². The Balaban J connectivity index is 1.91. The van der Waals surface area contributed by atoms with Crippen LogP contribution < -0.4 is 10.5 Å². The number of aryl methyl sites for hydroxylation is 1. The Kier molecular flexibility index (Phi) is 5.63. The topological polar surface area (TPSA) is 94.4 Å². The summed E-state index contributed by atoms with van der Waals surface area (Å²) >= 11 is 5.51. The molecule has 0 amide bonds. The Labute approximate surface area is 194 Å². The molecule has 4 aromatic rings. The number of carbonyl (C=O) groups is 1. The van der Waals surface area contributed by atoms with Crippen molar-refractivity contribution in [2.45, 2.75) is 26.9 Å². The average Bonchev–Trinajstić information content (AvgIpc) is 3.16. The number of para-hydroxylation sites is 1. The van der Waals surface area contributed by atoms with Gasteiger partial charge < -0.3 is 23.9 Å². The van der Waals surface area contributed by atoms with E-state index in [4.69, 9.17) is 26.7 Å². The average molecular weight is 468 g/mol. The fourth-order valence-corrected chi connectivity index (χ4v) is 4.85. The number of rotatable bonds is 5. The fourth-order valence-electron chi connectivity index (χ4n) is 4.60. The molecule has 0 unspecified atom stereocenters. The molecule has 5 rings (SSSR count). The van der Waals surface area contributed by atoms with E-state index in [9.17, 15) is 9.59 Å². The van der Waals surface area contributed by atoms with Crippen molar-refractivity contribution in [3.8, 4) is 0 Å². The third-order valence-electron chi connectivity index (χ3n) is 6.02. The Morgan fingerprint density at radius 3 is 2.67 bits per heavy atom. The van der Waals surface area contributed by atoms with Gasteiger partial charge in [0.25, 0.3) is 5.56 Å². The highest BCUT2D eigenvalue weighted by Crippen LogP contribution is 2.37. The minimum Gasteiger partial charge on any atom is -0.465 e. The Bertz CT molecular complexity index is 1500. The number of H-pyrrole nitrogens is 1. The van der Waals surface area contributed by atoms with E-state index in [2.05, 4.69) is 9.88 Å². The van der Waals surface area contributed by atoms with Crippen LogP contribution in [0.3, 0.4) is 0 Å². The van der Waals surface area contributed by atoms with Crippen molar-refractivity contribution in [2.75, 3.05) is 37.8 Å². The van der Waals surface area contributed by atoms with Gasteiger partial charge in [-0.3, -0.25) is 14.2 Å². The van der Waals surface area contributed by atoms with Gasteiger partial charge in [0.1, 0.15) is 17.9 Å². The summed E-state index contributed by atoms with van der Waals surface area (Å²) in [6.45, 7) is 6.94. The second kappa shape index (κ2) is 8.60. The van der Waals surface area contributed by atoms with Crippen molar-refractivity contribution in [3.05, 3.63) is 39.4 Å². The zero-order chi connectivity index (χ0) is 23.1. The van der Waals surface area contributed by atoms with Gasteiger partial charge in [0, 0.05) is 25.0 Å². The van der Waals surface area contributed by atoms with Gasteiger partial charge in [0.15, 0.2) is 4.77 Å². The van der Waals surface area contributed by atoms with Crippen molar-refractivity contribution in [1.82, 2.24) is 19.1 Å². The van der Waals surface area contributed by atoms with Crippen molar-refractivity contribution < 1.29 is 14.3 Å². The number of morpholine rings is 1. The largest absolute Gasteiger partial charge is 0.465 e. The molecule has 0 aliphatic carbocycles. The highest BCUT2D eigenvalue weighted by Gasteiger charge is 2.25. The van der Waals surface area contributed by atoms with Crippen LogP contribution in [0.5, 0.6) is 0 Å². The number of hydrogen-bond acceptors (Lipinski definition) is 7. The fraction of sp³-hybridized carbons (Fsp3) is 0.391. The van der Waals surface area contributed by atoms with E-state index in [1.807, 2.05) is 35.8 Å². The molecule has 0 saturated carbocycles. The third kappa shape index (κ3) is 3.50. The monoisotopic (exact) mass is 467 g/mol. The lowest BCUT2D eigenvalue weighted by molar-refractivity contribution is -0.143. The van der Waals surface area contributed by atoms with E-state index in [1.165, 1.54) is 4.57 Å². The molecule has 0 spiro atoms. The number of aromatic nitrogens is 4. The standard InChI is InChI=1S/C23H25N5O4S/c1-3-27-19-14-7-5-6-8-15(14)24-21(26-9-11-31-12-10-26)17(19)18-20(27)22(30)28(23(33)25-18)13-16(29)32-4-2/h5-8H,3-4,9-13H2,1-2H3,(H,25,33). The van der Waals surface area contributed by atoms with Crippen LogP contribution in [0, 0.1) is 4.77 Å². The number of ether oxygens (including phenoxy) is 2. The van der Waals surface area contributed by atoms with E-state index >= 15 is 0 Å². The Morgan fingerprint density at radius 1 is 1.18 bits per heavy atom. The molecule has 33 heavy (non-hydrogen) atoms. The molecule has 0 radical (unpaired) electrons. The number of nitrogens with zero attached hydrogens (tertiary/aromatic N) is 4. The maximum Gasteiger partial charge on any atom is 0.326 e. The molecule has 0 bridgehead atoms. The molecule has 1 aromatic carbocycles. The summed E-state index contributed by atoms with van der Waals surface area (Å²) in [5, 5.41) is 1.82. The number of anilines is 1. The van der Waals surface area contributed by atoms with Crippen molar-refractivity contribution >= 4 is 56.8 Å². The number of carbonyl (C=O) groups excluding carboxylic acids is 1. The first-order chi connectivity index (χ1) is 16.0. The van der Waals surface area contributed by atoms with Crippen molar-refractivity contribution in [3.63, 3.8) is 0 Å². The third-order valence-corrected chi connectivity index (χ3v) is 6.34. The summed E-state index contributed by atoms with van der Waals surface area (Å²) in [6, 6.07) is 7.93. The number of hydrogen-bond donors (Lipinski definition) is 1. The van der Waals surface area contributed by atoms with Gasteiger partial charge in [-0.25, -0.2) is 4.98 Å². The van der Waals surface area contributed by atoms with Gasteiger partial charge in [-0.2, -0.15) is 0 Å². The molecule has 1 aliphatic rings. The molecule has 10 heteroatoms. The maximum atomic E-state index is 13.7. The minimum atomic E-state index is -0.501. The molecule has 1 aliphatic heterocycles. The normalized spacial score (nSPS) is 14.4. The number of nitrogens with one attached hydrogen (secondary N) is 1. The molecule has 1 saturated heterocycles. The highest BCUT2D eigenvalue weighted by atomic mass is 32.1. The van der Waals surface area contributed by atoms with Crippen LogP contribution in [-0.2, 0) is 27.4 Å². The van der Waals surface area contributed by atoms with E-state index in [1.54, 1.807) is 6.92 Å². The minimum absolute atomic E-state index is 0.178. The summed E-state index contributed by atoms with van der Waals surface area (Å²) in [6.07, 6.45) is 0. The summed E-state index contributed by atoms with van der Waals surface area (Å²) in [4.78, 5) is 36.2. The van der Waals surface area contributed by atoms with E-state index in [-0.39, 0.29) is 23.5 Å². The molecular formula is C23H25N5O4S. The van der Waals surface area contributed by atoms with Gasteiger partial charge in [0.2, 0.25) is 0 Å². The Hall–Kier alpha value is -3.24. The zero-order valence-electron chi connectivity index (χ0n) is 18.6. The van der Waals surface area contributed by atoms with Gasteiger partial charge in [-0.05, 0) is 32.1 Å². The second-order valence-electron chi connectivity index (χ2n) is 7.87. The van der Waals surface area contributed by atoms with Crippen LogP contribution in [0.1, 0.15) is 13.8 Å². The quantitative estimate of drug-likeness (QED) is 0.356. The van der Waals surface area contributed by atoms with E-state index in [0.29, 0.717) is 43.9 Å². The summed E-state index contributed by atoms with van der Waals surface area (Å²) in [5.74, 6) is 0.302.